The van der Waals surface area contributed by atoms with Gasteiger partial charge in [0.15, 0.2) is 0 Å². The SMILES string of the molecule is CC(C)OC(=O)c1ccc(C(=O)NS(=O)(=O)c2ccc(C(=O)NC3CCCCC3)cc2)cn1. The molecule has 0 spiro atoms. The smallest absolute Gasteiger partial charge is 0.357 e. The predicted octanol–water partition coefficient (Wildman–Crippen LogP) is 2.83. The quantitative estimate of drug-likeness (QED) is 0.591. The molecule has 1 saturated carbocycles. The molecule has 2 amide bonds. The van der Waals surface area contributed by atoms with Gasteiger partial charge in [0.05, 0.1) is 16.6 Å². The second-order valence-electron chi connectivity index (χ2n) is 8.15. The molecular formula is C23H27N3O6S. The molecular weight excluding hydrogens is 446 g/mol. The average Bonchev–Trinajstić information content (AvgIpc) is 2.79. The maximum Gasteiger partial charge on any atom is 0.357 e. The van der Waals surface area contributed by atoms with E-state index in [0.717, 1.165) is 31.9 Å². The highest BCUT2D eigenvalue weighted by Crippen LogP contribution is 2.18. The number of esters is 1. The summed E-state index contributed by atoms with van der Waals surface area (Å²) in [5, 5.41) is 2.97. The Labute approximate surface area is 193 Å². The summed E-state index contributed by atoms with van der Waals surface area (Å²) in [5.74, 6) is -1.79. The van der Waals surface area contributed by atoms with Crippen molar-refractivity contribution in [1.29, 1.82) is 0 Å². The highest BCUT2D eigenvalue weighted by molar-refractivity contribution is 7.90. The van der Waals surface area contributed by atoms with Gasteiger partial charge < -0.3 is 10.1 Å². The third-order valence-electron chi connectivity index (χ3n) is 5.17. The Bertz CT molecular complexity index is 1110. The van der Waals surface area contributed by atoms with E-state index < -0.39 is 21.9 Å². The first-order chi connectivity index (χ1) is 15.7. The molecule has 0 bridgehead atoms. The minimum Gasteiger partial charge on any atom is -0.458 e. The molecule has 1 aliphatic carbocycles. The van der Waals surface area contributed by atoms with Crippen LogP contribution >= 0.6 is 0 Å². The fourth-order valence-electron chi connectivity index (χ4n) is 3.46. The third kappa shape index (κ3) is 6.61. The Kier molecular flexibility index (Phi) is 7.80. The van der Waals surface area contributed by atoms with Gasteiger partial charge in [-0.1, -0.05) is 19.3 Å². The van der Waals surface area contributed by atoms with Crippen LogP contribution in [-0.4, -0.2) is 43.3 Å². The molecule has 176 valence electrons. The zero-order valence-electron chi connectivity index (χ0n) is 18.5. The van der Waals surface area contributed by atoms with Crippen LogP contribution in [0.4, 0.5) is 0 Å². The number of sulfonamides is 1. The summed E-state index contributed by atoms with van der Waals surface area (Å²) in [6, 6.07) is 8.08. The van der Waals surface area contributed by atoms with Crippen LogP contribution in [0.5, 0.6) is 0 Å². The number of carbonyl (C=O) groups is 3. The van der Waals surface area contributed by atoms with Gasteiger partial charge in [0.25, 0.3) is 21.8 Å². The number of nitrogens with one attached hydrogen (secondary N) is 2. The lowest BCUT2D eigenvalue weighted by Gasteiger charge is -2.22. The standard InChI is InChI=1S/C23H27N3O6S/c1-15(2)32-23(29)20-13-10-17(14-24-20)22(28)26-33(30,31)19-11-8-16(9-12-19)21(27)25-18-6-4-3-5-7-18/h8-15,18H,3-7H2,1-2H3,(H,25,27)(H,26,28). The zero-order chi connectivity index (χ0) is 24.0. The molecule has 0 radical (unpaired) electrons. The molecule has 0 unspecified atom stereocenters. The van der Waals surface area contributed by atoms with E-state index in [1.165, 1.54) is 42.8 Å². The summed E-state index contributed by atoms with van der Waals surface area (Å²) in [7, 11) is -4.17. The first-order valence-corrected chi connectivity index (χ1v) is 12.3. The second-order valence-corrected chi connectivity index (χ2v) is 9.84. The van der Waals surface area contributed by atoms with Crippen molar-refractivity contribution in [2.75, 3.05) is 0 Å². The van der Waals surface area contributed by atoms with Crippen molar-refractivity contribution in [1.82, 2.24) is 15.0 Å². The van der Waals surface area contributed by atoms with E-state index in [4.69, 9.17) is 4.74 Å². The number of amides is 2. The minimum absolute atomic E-state index is 0.00481. The van der Waals surface area contributed by atoms with E-state index in [-0.39, 0.29) is 34.2 Å². The lowest BCUT2D eigenvalue weighted by atomic mass is 9.95. The Morgan fingerprint density at radius 2 is 1.58 bits per heavy atom. The highest BCUT2D eigenvalue weighted by Gasteiger charge is 2.21. The van der Waals surface area contributed by atoms with Crippen LogP contribution < -0.4 is 10.0 Å². The predicted molar refractivity (Wildman–Crippen MR) is 120 cm³/mol. The Morgan fingerprint density at radius 3 is 2.15 bits per heavy atom. The van der Waals surface area contributed by atoms with E-state index >= 15 is 0 Å². The summed E-state index contributed by atoms with van der Waals surface area (Å²) in [5.41, 5.74) is 0.312. The topological polar surface area (TPSA) is 132 Å². The lowest BCUT2D eigenvalue weighted by molar-refractivity contribution is 0.0370. The van der Waals surface area contributed by atoms with Crippen LogP contribution in [0, 0.1) is 0 Å². The van der Waals surface area contributed by atoms with Crippen molar-refractivity contribution in [3.8, 4) is 0 Å². The van der Waals surface area contributed by atoms with Crippen LogP contribution in [0.3, 0.4) is 0 Å². The van der Waals surface area contributed by atoms with Gasteiger partial charge in [0.2, 0.25) is 0 Å². The molecule has 1 aliphatic rings. The average molecular weight is 474 g/mol. The van der Waals surface area contributed by atoms with Gasteiger partial charge >= 0.3 is 5.97 Å². The summed E-state index contributed by atoms with van der Waals surface area (Å²) in [4.78, 5) is 40.3. The molecule has 33 heavy (non-hydrogen) atoms. The molecule has 3 rings (SSSR count). The van der Waals surface area contributed by atoms with Gasteiger partial charge in [-0.25, -0.2) is 22.9 Å². The Balaban J connectivity index is 1.63. The molecule has 0 saturated heterocycles. The molecule has 1 aromatic carbocycles. The number of rotatable bonds is 7. The van der Waals surface area contributed by atoms with E-state index in [1.54, 1.807) is 13.8 Å². The van der Waals surface area contributed by atoms with Gasteiger partial charge in [-0.05, 0) is 63.1 Å². The number of hydrogen-bond acceptors (Lipinski definition) is 7. The highest BCUT2D eigenvalue weighted by atomic mass is 32.2. The van der Waals surface area contributed by atoms with E-state index in [2.05, 4.69) is 10.3 Å². The van der Waals surface area contributed by atoms with Gasteiger partial charge in [0, 0.05) is 17.8 Å². The van der Waals surface area contributed by atoms with Crippen LogP contribution in [0.15, 0.2) is 47.5 Å². The van der Waals surface area contributed by atoms with E-state index in [9.17, 15) is 22.8 Å². The van der Waals surface area contributed by atoms with Crippen LogP contribution in [0.1, 0.15) is 77.2 Å². The minimum atomic E-state index is -4.17. The van der Waals surface area contributed by atoms with Crippen molar-refractivity contribution in [3.63, 3.8) is 0 Å². The number of nitrogens with zero attached hydrogens (tertiary/aromatic N) is 1. The summed E-state index contributed by atoms with van der Waals surface area (Å²) in [6.45, 7) is 3.39. The van der Waals surface area contributed by atoms with E-state index in [0.29, 0.717) is 5.56 Å². The first-order valence-electron chi connectivity index (χ1n) is 10.8. The number of hydrogen-bond donors (Lipinski definition) is 2. The Hall–Kier alpha value is -3.27. The molecule has 9 nitrogen and oxygen atoms in total. The first kappa shape index (κ1) is 24.4. The molecule has 10 heteroatoms. The van der Waals surface area contributed by atoms with Crippen molar-refractivity contribution >= 4 is 27.8 Å². The number of aromatic nitrogens is 1. The third-order valence-corrected chi connectivity index (χ3v) is 6.52. The fourth-order valence-corrected chi connectivity index (χ4v) is 4.44. The maximum absolute atomic E-state index is 12.6. The molecule has 0 atom stereocenters. The molecule has 1 fully saturated rings. The van der Waals surface area contributed by atoms with Crippen molar-refractivity contribution in [2.45, 2.75) is 63.0 Å². The molecule has 2 N–H and O–H groups in total. The second kappa shape index (κ2) is 10.6. The van der Waals surface area contributed by atoms with E-state index in [1.807, 2.05) is 4.72 Å². The lowest BCUT2D eigenvalue weighted by Crippen LogP contribution is -2.36. The molecule has 1 heterocycles. The van der Waals surface area contributed by atoms with Gasteiger partial charge in [-0.2, -0.15) is 0 Å². The number of benzene rings is 1. The molecule has 0 aliphatic heterocycles. The number of ether oxygens (including phenoxy) is 1. The molecule has 1 aromatic heterocycles. The Morgan fingerprint density at radius 1 is 0.939 bits per heavy atom. The van der Waals surface area contributed by atoms with Gasteiger partial charge in [-0.3, -0.25) is 9.59 Å². The van der Waals surface area contributed by atoms with Gasteiger partial charge in [0.1, 0.15) is 5.69 Å². The number of carbonyl (C=O) groups excluding carboxylic acids is 3. The zero-order valence-corrected chi connectivity index (χ0v) is 19.4. The van der Waals surface area contributed by atoms with Crippen LogP contribution in [0.2, 0.25) is 0 Å². The van der Waals surface area contributed by atoms with Crippen molar-refractivity contribution in [3.05, 3.63) is 59.4 Å². The number of pyridine rings is 1. The van der Waals surface area contributed by atoms with Crippen LogP contribution in [0.25, 0.3) is 0 Å². The summed E-state index contributed by atoms with van der Waals surface area (Å²) < 4.78 is 32.1. The van der Waals surface area contributed by atoms with Crippen molar-refractivity contribution < 1.29 is 27.5 Å². The van der Waals surface area contributed by atoms with Gasteiger partial charge in [-0.15, -0.1) is 0 Å². The maximum atomic E-state index is 12.6. The monoisotopic (exact) mass is 473 g/mol. The van der Waals surface area contributed by atoms with Crippen LogP contribution in [-0.2, 0) is 14.8 Å². The normalized spacial score (nSPS) is 14.5. The largest absolute Gasteiger partial charge is 0.458 e. The molecule has 2 aromatic rings. The summed E-state index contributed by atoms with van der Waals surface area (Å²) >= 11 is 0. The fraction of sp³-hybridized carbons (Fsp3) is 0.391. The summed E-state index contributed by atoms with van der Waals surface area (Å²) in [6.07, 6.45) is 6.01. The van der Waals surface area contributed by atoms with Crippen molar-refractivity contribution in [2.24, 2.45) is 0 Å².